The van der Waals surface area contributed by atoms with Gasteiger partial charge in [0.25, 0.3) is 0 Å². The van der Waals surface area contributed by atoms with Crippen LogP contribution in [0, 0.1) is 11.3 Å². The van der Waals surface area contributed by atoms with Gasteiger partial charge in [0.1, 0.15) is 6.54 Å². The van der Waals surface area contributed by atoms with Crippen molar-refractivity contribution >= 4 is 11.7 Å². The van der Waals surface area contributed by atoms with E-state index in [2.05, 4.69) is 0 Å². The molecule has 4 heteroatoms. The molecule has 0 saturated heterocycles. The number of carboxylic acid groups (broad SMARTS) is 1. The van der Waals surface area contributed by atoms with Gasteiger partial charge in [-0.05, 0) is 31.2 Å². The van der Waals surface area contributed by atoms with Gasteiger partial charge in [-0.25, -0.2) is 0 Å². The van der Waals surface area contributed by atoms with E-state index in [1.165, 1.54) is 0 Å². The second kappa shape index (κ2) is 5.01. The summed E-state index contributed by atoms with van der Waals surface area (Å²) in [6.07, 6.45) is 0. The molecule has 0 heterocycles. The van der Waals surface area contributed by atoms with Crippen molar-refractivity contribution in [2.24, 2.45) is 0 Å². The first-order valence-electron chi connectivity index (χ1n) is 4.64. The number of carboxylic acids is 1. The molecule has 0 unspecified atom stereocenters. The fraction of sp³-hybridized carbons (Fsp3) is 0.273. The molecule has 0 atom stereocenters. The lowest BCUT2D eigenvalue weighted by molar-refractivity contribution is -0.135. The molecule has 0 aliphatic rings. The highest BCUT2D eigenvalue weighted by molar-refractivity contribution is 5.73. The van der Waals surface area contributed by atoms with Crippen LogP contribution >= 0.6 is 0 Å². The van der Waals surface area contributed by atoms with Crippen LogP contribution in [0.4, 0.5) is 5.69 Å². The molecular formula is C11H12N2O2. The third kappa shape index (κ3) is 2.99. The van der Waals surface area contributed by atoms with E-state index in [-0.39, 0.29) is 6.54 Å². The van der Waals surface area contributed by atoms with Crippen molar-refractivity contribution in [3.8, 4) is 6.07 Å². The highest BCUT2D eigenvalue weighted by Gasteiger charge is 2.07. The zero-order valence-electron chi connectivity index (χ0n) is 8.47. The van der Waals surface area contributed by atoms with Crippen molar-refractivity contribution in [3.63, 3.8) is 0 Å². The average molecular weight is 204 g/mol. The topological polar surface area (TPSA) is 64.3 Å². The highest BCUT2D eigenvalue weighted by atomic mass is 16.4. The predicted molar refractivity (Wildman–Crippen MR) is 56.7 cm³/mol. The molecule has 0 fully saturated rings. The zero-order valence-corrected chi connectivity index (χ0v) is 8.47. The van der Waals surface area contributed by atoms with E-state index in [0.717, 1.165) is 5.69 Å². The summed E-state index contributed by atoms with van der Waals surface area (Å²) in [5, 5.41) is 17.3. The molecule has 0 spiro atoms. The Morgan fingerprint density at radius 2 is 2.07 bits per heavy atom. The molecule has 1 aromatic rings. The smallest absolute Gasteiger partial charge is 0.323 e. The van der Waals surface area contributed by atoms with Crippen LogP contribution in [0.15, 0.2) is 24.3 Å². The molecule has 15 heavy (non-hydrogen) atoms. The first kappa shape index (κ1) is 11.1. The van der Waals surface area contributed by atoms with E-state index in [4.69, 9.17) is 10.4 Å². The Kier molecular flexibility index (Phi) is 3.69. The number of nitrogens with zero attached hydrogens (tertiary/aromatic N) is 2. The standard InChI is InChI=1S/C11H12N2O2/c1-2-13(8-11(14)15)10-5-3-9(7-12)4-6-10/h3-6H,2,8H2,1H3,(H,14,15). The third-order valence-electron chi connectivity index (χ3n) is 2.07. The van der Waals surface area contributed by atoms with Crippen LogP contribution in [0.5, 0.6) is 0 Å². The number of benzene rings is 1. The van der Waals surface area contributed by atoms with E-state index in [1.54, 1.807) is 29.2 Å². The fourth-order valence-corrected chi connectivity index (χ4v) is 1.30. The summed E-state index contributed by atoms with van der Waals surface area (Å²) >= 11 is 0. The third-order valence-corrected chi connectivity index (χ3v) is 2.07. The molecule has 0 aliphatic carbocycles. The molecule has 1 N–H and O–H groups in total. The van der Waals surface area contributed by atoms with Gasteiger partial charge in [-0.3, -0.25) is 4.79 Å². The molecule has 78 valence electrons. The van der Waals surface area contributed by atoms with Crippen LogP contribution in [0.1, 0.15) is 12.5 Å². The van der Waals surface area contributed by atoms with E-state index >= 15 is 0 Å². The van der Waals surface area contributed by atoms with Crippen LogP contribution in [-0.2, 0) is 4.79 Å². The van der Waals surface area contributed by atoms with Crippen molar-refractivity contribution in [1.82, 2.24) is 0 Å². The quantitative estimate of drug-likeness (QED) is 0.806. The van der Waals surface area contributed by atoms with E-state index in [1.807, 2.05) is 13.0 Å². The molecule has 4 nitrogen and oxygen atoms in total. The number of carbonyl (C=O) groups is 1. The number of nitriles is 1. The average Bonchev–Trinajstić information content (AvgIpc) is 2.26. The summed E-state index contributed by atoms with van der Waals surface area (Å²) < 4.78 is 0. The van der Waals surface area contributed by atoms with Gasteiger partial charge in [0.05, 0.1) is 11.6 Å². The Bertz CT molecular complexity index is 379. The summed E-state index contributed by atoms with van der Waals surface area (Å²) in [6.45, 7) is 2.49. The SMILES string of the molecule is CCN(CC(=O)O)c1ccc(C#N)cc1. The van der Waals surface area contributed by atoms with Crippen molar-refractivity contribution in [1.29, 1.82) is 5.26 Å². The monoisotopic (exact) mass is 204 g/mol. The minimum atomic E-state index is -0.860. The number of hydrogen-bond acceptors (Lipinski definition) is 3. The van der Waals surface area contributed by atoms with Crippen LogP contribution in [-0.4, -0.2) is 24.2 Å². The number of anilines is 1. The predicted octanol–water partition coefficient (Wildman–Crippen LogP) is 1.47. The van der Waals surface area contributed by atoms with Crippen molar-refractivity contribution in [2.45, 2.75) is 6.92 Å². The Hall–Kier alpha value is -2.02. The maximum atomic E-state index is 10.6. The molecule has 0 bridgehead atoms. The maximum Gasteiger partial charge on any atom is 0.323 e. The van der Waals surface area contributed by atoms with Gasteiger partial charge in [-0.15, -0.1) is 0 Å². The highest BCUT2D eigenvalue weighted by Crippen LogP contribution is 2.14. The number of rotatable bonds is 4. The molecule has 0 saturated carbocycles. The molecule has 1 rings (SSSR count). The lowest BCUT2D eigenvalue weighted by Crippen LogP contribution is -2.29. The summed E-state index contributed by atoms with van der Waals surface area (Å²) in [7, 11) is 0. The molecule has 0 amide bonds. The summed E-state index contributed by atoms with van der Waals surface area (Å²) in [5.74, 6) is -0.860. The van der Waals surface area contributed by atoms with E-state index < -0.39 is 5.97 Å². The van der Waals surface area contributed by atoms with Gasteiger partial charge < -0.3 is 10.0 Å². The van der Waals surface area contributed by atoms with E-state index in [9.17, 15) is 4.79 Å². The minimum Gasteiger partial charge on any atom is -0.480 e. The number of hydrogen-bond donors (Lipinski definition) is 1. The zero-order chi connectivity index (χ0) is 11.3. The molecule has 0 aromatic heterocycles. The van der Waals surface area contributed by atoms with Gasteiger partial charge >= 0.3 is 5.97 Å². The van der Waals surface area contributed by atoms with Crippen LogP contribution in [0.3, 0.4) is 0 Å². The van der Waals surface area contributed by atoms with Crippen molar-refractivity contribution < 1.29 is 9.90 Å². The normalized spacial score (nSPS) is 9.33. The lowest BCUT2D eigenvalue weighted by Gasteiger charge is -2.20. The molecule has 0 radical (unpaired) electrons. The van der Waals surface area contributed by atoms with Crippen LogP contribution in [0.25, 0.3) is 0 Å². The maximum absolute atomic E-state index is 10.6. The summed E-state index contributed by atoms with van der Waals surface area (Å²) in [4.78, 5) is 12.3. The van der Waals surface area contributed by atoms with Gasteiger partial charge in [0, 0.05) is 12.2 Å². The molecule has 1 aromatic carbocycles. The Morgan fingerprint density at radius 1 is 1.47 bits per heavy atom. The molecular weight excluding hydrogens is 192 g/mol. The number of likely N-dealkylation sites (N-methyl/N-ethyl adjacent to an activating group) is 1. The van der Waals surface area contributed by atoms with Crippen molar-refractivity contribution in [3.05, 3.63) is 29.8 Å². The Morgan fingerprint density at radius 3 is 2.47 bits per heavy atom. The van der Waals surface area contributed by atoms with Gasteiger partial charge in [-0.2, -0.15) is 5.26 Å². The first-order valence-corrected chi connectivity index (χ1v) is 4.64. The molecule has 0 aliphatic heterocycles. The van der Waals surface area contributed by atoms with Gasteiger partial charge in [0.2, 0.25) is 0 Å². The fourth-order valence-electron chi connectivity index (χ4n) is 1.30. The van der Waals surface area contributed by atoms with Crippen LogP contribution < -0.4 is 4.90 Å². The lowest BCUT2D eigenvalue weighted by atomic mass is 10.2. The second-order valence-electron chi connectivity index (χ2n) is 3.07. The van der Waals surface area contributed by atoms with Gasteiger partial charge in [-0.1, -0.05) is 0 Å². The Labute approximate surface area is 88.4 Å². The van der Waals surface area contributed by atoms with Gasteiger partial charge in [0.15, 0.2) is 0 Å². The largest absolute Gasteiger partial charge is 0.480 e. The summed E-state index contributed by atoms with van der Waals surface area (Å²) in [6, 6.07) is 8.89. The minimum absolute atomic E-state index is 0.0254. The first-order chi connectivity index (χ1) is 7.17. The van der Waals surface area contributed by atoms with E-state index in [0.29, 0.717) is 12.1 Å². The van der Waals surface area contributed by atoms with Crippen molar-refractivity contribution in [2.75, 3.05) is 18.0 Å². The number of aliphatic carboxylic acids is 1. The van der Waals surface area contributed by atoms with Crippen LogP contribution in [0.2, 0.25) is 0 Å². The second-order valence-corrected chi connectivity index (χ2v) is 3.07. The Balaban J connectivity index is 2.84. The summed E-state index contributed by atoms with van der Waals surface area (Å²) in [5.41, 5.74) is 1.39.